The van der Waals surface area contributed by atoms with Crippen LogP contribution in [0, 0.1) is 11.3 Å². The van der Waals surface area contributed by atoms with Crippen molar-refractivity contribution in [1.29, 1.82) is 5.26 Å². The van der Waals surface area contributed by atoms with E-state index in [1.165, 1.54) is 31.4 Å². The van der Waals surface area contributed by atoms with Gasteiger partial charge in [0, 0.05) is 0 Å². The Kier molecular flexibility index (Phi) is 3.33. The minimum Gasteiger partial charge on any atom is -0.465 e. The van der Waals surface area contributed by atoms with Gasteiger partial charge in [-0.2, -0.15) is 10.3 Å². The van der Waals surface area contributed by atoms with Gasteiger partial charge in [-0.25, -0.2) is 9.59 Å². The van der Waals surface area contributed by atoms with Crippen LogP contribution in [0.1, 0.15) is 15.9 Å². The molecule has 0 aromatic heterocycles. The third-order valence-corrected chi connectivity index (χ3v) is 1.70. The highest BCUT2D eigenvalue weighted by molar-refractivity contribution is 5.92. The van der Waals surface area contributed by atoms with Crippen LogP contribution in [0.3, 0.4) is 0 Å². The Hall–Kier alpha value is -2.44. The Morgan fingerprint density at radius 2 is 2.27 bits per heavy atom. The summed E-state index contributed by atoms with van der Waals surface area (Å²) in [6, 6.07) is 5.94. The van der Waals surface area contributed by atoms with E-state index in [1.807, 2.05) is 6.07 Å². The van der Waals surface area contributed by atoms with Gasteiger partial charge < -0.3 is 4.74 Å². The summed E-state index contributed by atoms with van der Waals surface area (Å²) >= 11 is 0. The summed E-state index contributed by atoms with van der Waals surface area (Å²) in [6.45, 7) is 0. The van der Waals surface area contributed by atoms with E-state index in [-0.39, 0.29) is 16.8 Å². The maximum atomic E-state index is 11.2. The first-order valence-corrected chi connectivity index (χ1v) is 3.93. The number of esters is 1. The summed E-state index contributed by atoms with van der Waals surface area (Å²) in [5.41, 5.74) is 0.525. The molecule has 0 bridgehead atoms. The minimum atomic E-state index is -0.604. The maximum Gasteiger partial charge on any atom is 0.339 e. The predicted octanol–water partition coefficient (Wildman–Crippen LogP) is 1.31. The Balaban J connectivity index is 3.28. The van der Waals surface area contributed by atoms with Crippen LogP contribution in [0.15, 0.2) is 23.2 Å². The molecule has 1 aromatic rings. The van der Waals surface area contributed by atoms with Crippen molar-refractivity contribution in [3.8, 4) is 6.07 Å². The average Bonchev–Trinajstić information content (AvgIpc) is 2.28. The molecule has 0 saturated heterocycles. The zero-order valence-electron chi connectivity index (χ0n) is 7.85. The Morgan fingerprint density at radius 1 is 1.53 bits per heavy atom. The lowest BCUT2D eigenvalue weighted by Gasteiger charge is -2.01. The van der Waals surface area contributed by atoms with Gasteiger partial charge in [0.1, 0.15) is 6.07 Å². The molecule has 0 aliphatic rings. The second-order valence-electron chi connectivity index (χ2n) is 2.54. The van der Waals surface area contributed by atoms with Crippen molar-refractivity contribution in [3.63, 3.8) is 0 Å². The van der Waals surface area contributed by atoms with Crippen LogP contribution in [-0.4, -0.2) is 19.2 Å². The normalized spacial score (nSPS) is 8.53. The Morgan fingerprint density at radius 3 is 2.80 bits per heavy atom. The second-order valence-corrected chi connectivity index (χ2v) is 2.54. The smallest absolute Gasteiger partial charge is 0.339 e. The number of carbonyl (C=O) groups excluding carboxylic acids is 2. The number of rotatable bonds is 2. The number of nitrogens with zero attached hydrogens (tertiary/aromatic N) is 2. The van der Waals surface area contributed by atoms with Crippen LogP contribution in [0.2, 0.25) is 0 Å². The van der Waals surface area contributed by atoms with Crippen LogP contribution in [0.5, 0.6) is 0 Å². The van der Waals surface area contributed by atoms with Crippen molar-refractivity contribution in [2.75, 3.05) is 7.11 Å². The molecule has 0 amide bonds. The number of isocyanates is 1. The van der Waals surface area contributed by atoms with Crippen molar-refractivity contribution >= 4 is 17.7 Å². The summed E-state index contributed by atoms with van der Waals surface area (Å²) in [7, 11) is 1.22. The molecule has 0 saturated carbocycles. The van der Waals surface area contributed by atoms with E-state index >= 15 is 0 Å². The summed E-state index contributed by atoms with van der Waals surface area (Å²) in [6.07, 6.45) is 1.35. The minimum absolute atomic E-state index is 0.110. The van der Waals surface area contributed by atoms with Crippen molar-refractivity contribution < 1.29 is 14.3 Å². The molecule has 0 aliphatic carbocycles. The number of hydrogen-bond acceptors (Lipinski definition) is 5. The van der Waals surface area contributed by atoms with Crippen LogP contribution in [-0.2, 0) is 9.53 Å². The summed E-state index contributed by atoms with van der Waals surface area (Å²) < 4.78 is 4.48. The van der Waals surface area contributed by atoms with E-state index in [0.29, 0.717) is 0 Å². The number of hydrogen-bond donors (Lipinski definition) is 0. The van der Waals surface area contributed by atoms with Crippen molar-refractivity contribution in [3.05, 3.63) is 29.3 Å². The monoisotopic (exact) mass is 202 g/mol. The zero-order chi connectivity index (χ0) is 11.3. The lowest BCUT2D eigenvalue weighted by molar-refractivity contribution is 0.0600. The number of aliphatic imine (C=N–C) groups is 1. The third kappa shape index (κ3) is 2.27. The van der Waals surface area contributed by atoms with Gasteiger partial charge >= 0.3 is 5.97 Å². The molecule has 5 nitrogen and oxygen atoms in total. The lowest BCUT2D eigenvalue weighted by atomic mass is 10.1. The fourth-order valence-corrected chi connectivity index (χ4v) is 1.03. The first kappa shape index (κ1) is 10.6. The van der Waals surface area contributed by atoms with Gasteiger partial charge in [0.25, 0.3) is 0 Å². The van der Waals surface area contributed by atoms with Crippen LogP contribution >= 0.6 is 0 Å². The number of benzene rings is 1. The van der Waals surface area contributed by atoms with E-state index in [1.54, 1.807) is 0 Å². The lowest BCUT2D eigenvalue weighted by Crippen LogP contribution is -2.03. The molecule has 0 heterocycles. The van der Waals surface area contributed by atoms with Gasteiger partial charge in [0.2, 0.25) is 6.08 Å². The Bertz CT molecular complexity index is 482. The molecular formula is C10H6N2O3. The van der Waals surface area contributed by atoms with Crippen molar-refractivity contribution in [2.24, 2.45) is 4.99 Å². The molecule has 0 aliphatic heterocycles. The standard InChI is InChI=1S/C10H6N2O3/c1-15-10(14)9-3-2-8(12-6-13)4-7(9)5-11/h2-4H,1H3. The molecule has 0 atom stereocenters. The van der Waals surface area contributed by atoms with Gasteiger partial charge in [0.05, 0.1) is 23.9 Å². The highest BCUT2D eigenvalue weighted by Gasteiger charge is 2.11. The zero-order valence-corrected chi connectivity index (χ0v) is 7.85. The third-order valence-electron chi connectivity index (χ3n) is 1.70. The first-order valence-electron chi connectivity index (χ1n) is 3.93. The maximum absolute atomic E-state index is 11.2. The summed E-state index contributed by atoms with van der Waals surface area (Å²) in [4.78, 5) is 24.5. The Labute approximate surface area is 85.6 Å². The molecule has 74 valence electrons. The van der Waals surface area contributed by atoms with Gasteiger partial charge in [-0.05, 0) is 18.2 Å². The topological polar surface area (TPSA) is 79.5 Å². The fourth-order valence-electron chi connectivity index (χ4n) is 1.03. The van der Waals surface area contributed by atoms with Gasteiger partial charge in [-0.3, -0.25) is 0 Å². The van der Waals surface area contributed by atoms with E-state index in [0.717, 1.165) is 0 Å². The average molecular weight is 202 g/mol. The molecular weight excluding hydrogens is 196 g/mol. The van der Waals surface area contributed by atoms with Gasteiger partial charge in [-0.15, -0.1) is 0 Å². The molecule has 5 heteroatoms. The predicted molar refractivity (Wildman–Crippen MR) is 50.3 cm³/mol. The van der Waals surface area contributed by atoms with Gasteiger partial charge in [0.15, 0.2) is 0 Å². The molecule has 15 heavy (non-hydrogen) atoms. The van der Waals surface area contributed by atoms with E-state index in [2.05, 4.69) is 9.73 Å². The van der Waals surface area contributed by atoms with E-state index < -0.39 is 5.97 Å². The highest BCUT2D eigenvalue weighted by Crippen LogP contribution is 2.17. The highest BCUT2D eigenvalue weighted by atomic mass is 16.5. The van der Waals surface area contributed by atoms with E-state index in [4.69, 9.17) is 5.26 Å². The number of carbonyl (C=O) groups is 1. The number of nitriles is 1. The van der Waals surface area contributed by atoms with Crippen LogP contribution in [0.25, 0.3) is 0 Å². The molecule has 0 spiro atoms. The molecule has 1 aromatic carbocycles. The molecule has 0 radical (unpaired) electrons. The van der Waals surface area contributed by atoms with Crippen LogP contribution in [0.4, 0.5) is 5.69 Å². The number of methoxy groups -OCH3 is 1. The molecule has 0 fully saturated rings. The van der Waals surface area contributed by atoms with Crippen molar-refractivity contribution in [1.82, 2.24) is 0 Å². The molecule has 0 N–H and O–H groups in total. The fraction of sp³-hybridized carbons (Fsp3) is 0.100. The number of ether oxygens (including phenoxy) is 1. The van der Waals surface area contributed by atoms with Crippen LogP contribution < -0.4 is 0 Å². The quantitative estimate of drug-likeness (QED) is 0.411. The summed E-state index contributed by atoms with van der Waals surface area (Å²) in [5.74, 6) is -0.604. The molecule has 1 rings (SSSR count). The van der Waals surface area contributed by atoms with E-state index in [9.17, 15) is 9.59 Å². The largest absolute Gasteiger partial charge is 0.465 e. The van der Waals surface area contributed by atoms with Crippen molar-refractivity contribution in [2.45, 2.75) is 0 Å². The first-order chi connectivity index (χ1) is 7.22. The second kappa shape index (κ2) is 4.70. The van der Waals surface area contributed by atoms with Gasteiger partial charge in [-0.1, -0.05) is 0 Å². The SMILES string of the molecule is COC(=O)c1ccc(N=C=O)cc1C#N. The summed E-state index contributed by atoms with van der Waals surface area (Å²) in [5, 5.41) is 8.76. The molecule has 0 unspecified atom stereocenters.